The van der Waals surface area contributed by atoms with E-state index in [1.165, 1.54) is 30.1 Å². The van der Waals surface area contributed by atoms with Crippen molar-refractivity contribution in [2.45, 2.75) is 19.4 Å². The van der Waals surface area contributed by atoms with Crippen LogP contribution in [-0.4, -0.2) is 67.1 Å². The van der Waals surface area contributed by atoms with Crippen LogP contribution in [0.15, 0.2) is 18.2 Å². The molecule has 8 heteroatoms. The molecule has 24 heavy (non-hydrogen) atoms. The zero-order valence-electron chi connectivity index (χ0n) is 13.5. The monoisotopic (exact) mass is 350 g/mol. The number of fused-ring (bicyclic) bond motifs is 1. The second kappa shape index (κ2) is 5.70. The van der Waals surface area contributed by atoms with Crippen molar-refractivity contribution in [2.75, 3.05) is 25.1 Å². The van der Waals surface area contributed by atoms with E-state index in [9.17, 15) is 22.8 Å². The number of benzene rings is 1. The Bertz CT molecular complexity index is 846. The van der Waals surface area contributed by atoms with Crippen molar-refractivity contribution in [1.82, 2.24) is 9.80 Å². The number of sulfone groups is 1. The molecule has 7 nitrogen and oxygen atoms in total. The molecule has 0 N–H and O–H groups in total. The Hall–Kier alpha value is -2.22. The maximum absolute atomic E-state index is 12.8. The van der Waals surface area contributed by atoms with Crippen molar-refractivity contribution < 1.29 is 22.8 Å². The largest absolute Gasteiger partial charge is 0.335 e. The number of rotatable bonds is 3. The van der Waals surface area contributed by atoms with Crippen LogP contribution in [0.1, 0.15) is 44.4 Å². The number of hydrogen-bond donors (Lipinski definition) is 0. The minimum absolute atomic E-state index is 0.0301. The van der Waals surface area contributed by atoms with Gasteiger partial charge in [0, 0.05) is 25.2 Å². The zero-order chi connectivity index (χ0) is 17.6. The van der Waals surface area contributed by atoms with E-state index in [0.29, 0.717) is 13.0 Å². The van der Waals surface area contributed by atoms with Crippen LogP contribution in [0, 0.1) is 0 Å². The third-order valence-corrected chi connectivity index (χ3v) is 6.34. The third kappa shape index (κ3) is 2.60. The van der Waals surface area contributed by atoms with E-state index in [1.54, 1.807) is 6.92 Å². The molecular weight excluding hydrogens is 332 g/mol. The van der Waals surface area contributed by atoms with E-state index >= 15 is 0 Å². The molecule has 0 saturated carbocycles. The van der Waals surface area contributed by atoms with Crippen LogP contribution in [0.2, 0.25) is 0 Å². The third-order valence-electron chi connectivity index (χ3n) is 4.59. The zero-order valence-corrected chi connectivity index (χ0v) is 14.3. The summed E-state index contributed by atoms with van der Waals surface area (Å²) in [4.78, 5) is 39.3. The van der Waals surface area contributed by atoms with Gasteiger partial charge in [-0.15, -0.1) is 0 Å². The molecule has 0 bridgehead atoms. The Balaban J connectivity index is 1.91. The Labute approximate surface area is 140 Å². The molecular formula is C16H18N2O5S. The molecule has 1 fully saturated rings. The van der Waals surface area contributed by atoms with Crippen LogP contribution in [0.25, 0.3) is 0 Å². The molecule has 2 heterocycles. The number of hydrogen-bond acceptors (Lipinski definition) is 5. The molecule has 1 unspecified atom stereocenters. The molecule has 3 rings (SSSR count). The quantitative estimate of drug-likeness (QED) is 0.743. The summed E-state index contributed by atoms with van der Waals surface area (Å²) in [5.74, 6) is -1.09. The predicted molar refractivity (Wildman–Crippen MR) is 86.6 cm³/mol. The van der Waals surface area contributed by atoms with Crippen LogP contribution in [-0.2, 0) is 9.84 Å². The second-order valence-electron chi connectivity index (χ2n) is 6.08. The number of imide groups is 1. The van der Waals surface area contributed by atoms with Gasteiger partial charge in [0.1, 0.15) is 0 Å². The maximum Gasteiger partial charge on any atom is 0.261 e. The average Bonchev–Trinajstić information content (AvgIpc) is 3.01. The highest BCUT2D eigenvalue weighted by Crippen LogP contribution is 2.25. The highest BCUT2D eigenvalue weighted by atomic mass is 32.2. The van der Waals surface area contributed by atoms with E-state index < -0.39 is 15.7 Å². The Morgan fingerprint density at radius 3 is 2.50 bits per heavy atom. The fraction of sp³-hybridized carbons (Fsp3) is 0.438. The summed E-state index contributed by atoms with van der Waals surface area (Å²) in [7, 11) is -1.70. The summed E-state index contributed by atoms with van der Waals surface area (Å²) in [5.41, 5.74) is 0.783. The first-order valence-electron chi connectivity index (χ1n) is 7.73. The van der Waals surface area contributed by atoms with Gasteiger partial charge < -0.3 is 4.90 Å². The van der Waals surface area contributed by atoms with Gasteiger partial charge in [-0.2, -0.15) is 0 Å². The molecule has 0 radical (unpaired) electrons. The van der Waals surface area contributed by atoms with Crippen LogP contribution >= 0.6 is 0 Å². The first-order chi connectivity index (χ1) is 11.2. The van der Waals surface area contributed by atoms with Crippen molar-refractivity contribution in [3.8, 4) is 0 Å². The number of nitrogens with zero attached hydrogens (tertiary/aromatic N) is 2. The minimum Gasteiger partial charge on any atom is -0.335 e. The number of carbonyl (C=O) groups is 3. The summed E-state index contributed by atoms with van der Waals surface area (Å²) >= 11 is 0. The Morgan fingerprint density at radius 2 is 1.92 bits per heavy atom. The lowest BCUT2D eigenvalue weighted by atomic mass is 10.0. The van der Waals surface area contributed by atoms with Gasteiger partial charge in [0.15, 0.2) is 9.84 Å². The van der Waals surface area contributed by atoms with E-state index in [4.69, 9.17) is 0 Å². The van der Waals surface area contributed by atoms with E-state index in [1.807, 2.05) is 0 Å². The lowest BCUT2D eigenvalue weighted by molar-refractivity contribution is 0.0690. The number of carbonyl (C=O) groups excluding carboxylic acids is 3. The molecule has 1 atom stereocenters. The summed E-state index contributed by atoms with van der Waals surface area (Å²) in [6.45, 7) is 2.17. The normalized spacial score (nSPS) is 21.9. The summed E-state index contributed by atoms with van der Waals surface area (Å²) in [6, 6.07) is 4.07. The van der Waals surface area contributed by atoms with Gasteiger partial charge in [-0.3, -0.25) is 19.3 Å². The highest BCUT2D eigenvalue weighted by Gasteiger charge is 2.36. The predicted octanol–water partition coefficient (Wildman–Crippen LogP) is 0.562. The van der Waals surface area contributed by atoms with Crippen LogP contribution in [0.5, 0.6) is 0 Å². The molecule has 2 aliphatic rings. The van der Waals surface area contributed by atoms with Crippen molar-refractivity contribution >= 4 is 27.6 Å². The van der Waals surface area contributed by atoms with E-state index in [-0.39, 0.29) is 46.1 Å². The first kappa shape index (κ1) is 16.6. The van der Waals surface area contributed by atoms with E-state index in [2.05, 4.69) is 0 Å². The highest BCUT2D eigenvalue weighted by molar-refractivity contribution is 7.91. The second-order valence-corrected chi connectivity index (χ2v) is 8.31. The molecule has 128 valence electrons. The molecule has 1 aromatic rings. The summed E-state index contributed by atoms with van der Waals surface area (Å²) in [5, 5.41) is 0. The molecule has 2 aliphatic heterocycles. The Morgan fingerprint density at radius 1 is 1.25 bits per heavy atom. The molecule has 1 saturated heterocycles. The molecule has 1 aromatic carbocycles. The lowest BCUT2D eigenvalue weighted by Crippen LogP contribution is -2.41. The van der Waals surface area contributed by atoms with Crippen LogP contribution in [0.4, 0.5) is 0 Å². The van der Waals surface area contributed by atoms with Gasteiger partial charge in [-0.1, -0.05) is 0 Å². The molecule has 3 amide bonds. The Kier molecular flexibility index (Phi) is 3.95. The molecule has 0 aromatic heterocycles. The standard InChI is InChI=1S/C16H18N2O5S/c1-3-18(11-6-7-24(22,23)9-11)14(19)10-4-5-12-13(8-10)16(21)17(2)15(12)20/h4-5,8,11H,3,6-7,9H2,1-2H3. The van der Waals surface area contributed by atoms with E-state index in [0.717, 1.165) is 4.90 Å². The summed E-state index contributed by atoms with van der Waals surface area (Å²) < 4.78 is 23.3. The topological polar surface area (TPSA) is 91.8 Å². The SMILES string of the molecule is CCN(C(=O)c1ccc2c(c1)C(=O)N(C)C2=O)C1CCS(=O)(=O)C1. The lowest BCUT2D eigenvalue weighted by Gasteiger charge is -2.27. The maximum atomic E-state index is 12.8. The van der Waals surface area contributed by atoms with Crippen molar-refractivity contribution in [3.63, 3.8) is 0 Å². The van der Waals surface area contributed by atoms with Gasteiger partial charge >= 0.3 is 0 Å². The average molecular weight is 350 g/mol. The fourth-order valence-corrected chi connectivity index (χ4v) is 4.98. The first-order valence-corrected chi connectivity index (χ1v) is 9.55. The smallest absolute Gasteiger partial charge is 0.261 e. The number of amides is 3. The van der Waals surface area contributed by atoms with Gasteiger partial charge in [-0.25, -0.2) is 8.42 Å². The van der Waals surface area contributed by atoms with Crippen molar-refractivity contribution in [2.24, 2.45) is 0 Å². The van der Waals surface area contributed by atoms with Gasteiger partial charge in [0.05, 0.1) is 22.6 Å². The van der Waals surface area contributed by atoms with Crippen LogP contribution in [0.3, 0.4) is 0 Å². The molecule has 0 spiro atoms. The van der Waals surface area contributed by atoms with Crippen molar-refractivity contribution in [1.29, 1.82) is 0 Å². The van der Waals surface area contributed by atoms with Gasteiger partial charge in [-0.05, 0) is 31.5 Å². The van der Waals surface area contributed by atoms with Gasteiger partial charge in [0.2, 0.25) is 0 Å². The summed E-state index contributed by atoms with van der Waals surface area (Å²) in [6.07, 6.45) is 0.424. The van der Waals surface area contributed by atoms with Gasteiger partial charge in [0.25, 0.3) is 17.7 Å². The van der Waals surface area contributed by atoms with Crippen molar-refractivity contribution in [3.05, 3.63) is 34.9 Å². The minimum atomic E-state index is -3.10. The van der Waals surface area contributed by atoms with Crippen LogP contribution < -0.4 is 0 Å². The fourth-order valence-electron chi connectivity index (χ4n) is 3.25. The molecule has 0 aliphatic carbocycles.